The minimum atomic E-state index is -0.131. The number of piperidine rings is 1. The Balaban J connectivity index is 1.53. The molecule has 2 heterocycles. The molecule has 0 unspecified atom stereocenters. The SMILES string of the molecule is CCCCCN1C(=O)C(c2ccccc2)=C(N2CCC(Cc3ccccc3)CC2)C1=O. The number of carbonyl (C=O) groups excluding carboxylic acids is 2. The van der Waals surface area contributed by atoms with Gasteiger partial charge in [0.1, 0.15) is 5.70 Å². The number of carbonyl (C=O) groups is 2. The van der Waals surface area contributed by atoms with Gasteiger partial charge in [-0.25, -0.2) is 0 Å². The second-order valence-electron chi connectivity index (χ2n) is 8.68. The van der Waals surface area contributed by atoms with Crippen LogP contribution in [0.15, 0.2) is 66.4 Å². The van der Waals surface area contributed by atoms with E-state index >= 15 is 0 Å². The van der Waals surface area contributed by atoms with E-state index in [2.05, 4.69) is 42.2 Å². The van der Waals surface area contributed by atoms with Crippen molar-refractivity contribution in [3.05, 3.63) is 77.5 Å². The number of likely N-dealkylation sites (tertiary alicyclic amines) is 1. The predicted molar refractivity (Wildman–Crippen MR) is 124 cm³/mol. The topological polar surface area (TPSA) is 40.6 Å². The van der Waals surface area contributed by atoms with Crippen LogP contribution in [-0.4, -0.2) is 41.2 Å². The van der Waals surface area contributed by atoms with Crippen molar-refractivity contribution >= 4 is 17.4 Å². The average Bonchev–Trinajstić information content (AvgIpc) is 3.06. The summed E-state index contributed by atoms with van der Waals surface area (Å²) in [6.07, 6.45) is 6.11. The van der Waals surface area contributed by atoms with Crippen LogP contribution in [0.25, 0.3) is 5.57 Å². The quantitative estimate of drug-likeness (QED) is 0.453. The Morgan fingerprint density at radius 1 is 0.839 bits per heavy atom. The Labute approximate surface area is 185 Å². The van der Waals surface area contributed by atoms with Crippen molar-refractivity contribution in [2.45, 2.75) is 45.4 Å². The molecular formula is C27H32N2O2. The van der Waals surface area contributed by atoms with Gasteiger partial charge in [-0.1, -0.05) is 80.4 Å². The summed E-state index contributed by atoms with van der Waals surface area (Å²) < 4.78 is 0. The number of hydrogen-bond donors (Lipinski definition) is 0. The van der Waals surface area contributed by atoms with E-state index in [1.165, 1.54) is 10.5 Å². The Hall–Kier alpha value is -2.88. The fraction of sp³-hybridized carbons (Fsp3) is 0.407. The van der Waals surface area contributed by atoms with Gasteiger partial charge in [0.2, 0.25) is 0 Å². The normalized spacial score (nSPS) is 17.7. The molecule has 0 spiro atoms. The molecule has 0 saturated carbocycles. The molecule has 4 nitrogen and oxygen atoms in total. The zero-order valence-electron chi connectivity index (χ0n) is 18.4. The lowest BCUT2D eigenvalue weighted by Crippen LogP contribution is -2.39. The minimum absolute atomic E-state index is 0.110. The summed E-state index contributed by atoms with van der Waals surface area (Å²) in [5.41, 5.74) is 3.43. The Bertz CT molecular complexity index is 928. The van der Waals surface area contributed by atoms with E-state index in [4.69, 9.17) is 0 Å². The van der Waals surface area contributed by atoms with Crippen molar-refractivity contribution in [3.63, 3.8) is 0 Å². The molecule has 1 saturated heterocycles. The van der Waals surface area contributed by atoms with E-state index in [0.717, 1.165) is 57.2 Å². The summed E-state index contributed by atoms with van der Waals surface area (Å²) in [5.74, 6) is 0.377. The zero-order valence-corrected chi connectivity index (χ0v) is 18.4. The number of benzene rings is 2. The molecule has 2 aliphatic heterocycles. The van der Waals surface area contributed by atoms with Crippen molar-refractivity contribution in [2.75, 3.05) is 19.6 Å². The summed E-state index contributed by atoms with van der Waals surface area (Å²) >= 11 is 0. The fourth-order valence-corrected chi connectivity index (χ4v) is 4.75. The Morgan fingerprint density at radius 2 is 1.48 bits per heavy atom. The van der Waals surface area contributed by atoms with E-state index in [9.17, 15) is 9.59 Å². The molecule has 0 aliphatic carbocycles. The zero-order chi connectivity index (χ0) is 21.6. The number of rotatable bonds is 8. The smallest absolute Gasteiger partial charge is 0.277 e. The molecule has 0 N–H and O–H groups in total. The average molecular weight is 417 g/mol. The highest BCUT2D eigenvalue weighted by atomic mass is 16.2. The van der Waals surface area contributed by atoms with Crippen molar-refractivity contribution in [1.29, 1.82) is 0 Å². The molecule has 0 atom stereocenters. The number of unbranched alkanes of at least 4 members (excludes halogenated alkanes) is 2. The maximum atomic E-state index is 13.4. The first kappa shape index (κ1) is 21.4. The number of hydrogen-bond acceptors (Lipinski definition) is 3. The predicted octanol–water partition coefficient (Wildman–Crippen LogP) is 4.91. The third kappa shape index (κ3) is 4.73. The maximum absolute atomic E-state index is 13.4. The standard InChI is InChI=1S/C27H32N2O2/c1-2-3-10-17-29-26(30)24(23-13-8-5-9-14-23)25(27(29)31)28-18-15-22(16-19-28)20-21-11-6-4-7-12-21/h4-9,11-14,22H,2-3,10,15-20H2,1H3. The van der Waals surface area contributed by atoms with Crippen LogP contribution in [0.2, 0.25) is 0 Å². The van der Waals surface area contributed by atoms with Crippen LogP contribution < -0.4 is 0 Å². The van der Waals surface area contributed by atoms with Crippen molar-refractivity contribution in [2.24, 2.45) is 5.92 Å². The van der Waals surface area contributed by atoms with E-state index < -0.39 is 0 Å². The van der Waals surface area contributed by atoms with Gasteiger partial charge < -0.3 is 4.90 Å². The minimum Gasteiger partial charge on any atom is -0.366 e. The molecule has 4 rings (SSSR count). The molecule has 2 aromatic carbocycles. The molecule has 0 aromatic heterocycles. The van der Waals surface area contributed by atoms with Crippen molar-refractivity contribution < 1.29 is 9.59 Å². The second kappa shape index (κ2) is 9.95. The van der Waals surface area contributed by atoms with Gasteiger partial charge in [-0.15, -0.1) is 0 Å². The van der Waals surface area contributed by atoms with E-state index in [0.29, 0.717) is 23.7 Å². The van der Waals surface area contributed by atoms with Crippen molar-refractivity contribution in [3.8, 4) is 0 Å². The van der Waals surface area contributed by atoms with Crippen LogP contribution in [-0.2, 0) is 16.0 Å². The third-order valence-electron chi connectivity index (χ3n) is 6.49. The highest BCUT2D eigenvalue weighted by molar-refractivity contribution is 6.35. The van der Waals surface area contributed by atoms with Crippen LogP contribution in [0.3, 0.4) is 0 Å². The van der Waals surface area contributed by atoms with E-state index in [1.54, 1.807) is 0 Å². The number of nitrogens with zero attached hydrogens (tertiary/aromatic N) is 2. The lowest BCUT2D eigenvalue weighted by molar-refractivity contribution is -0.137. The lowest BCUT2D eigenvalue weighted by atomic mass is 9.89. The second-order valence-corrected chi connectivity index (χ2v) is 8.68. The fourth-order valence-electron chi connectivity index (χ4n) is 4.75. The summed E-state index contributed by atoms with van der Waals surface area (Å²) in [5, 5.41) is 0. The molecule has 0 bridgehead atoms. The summed E-state index contributed by atoms with van der Waals surface area (Å²) in [6, 6.07) is 20.3. The lowest BCUT2D eigenvalue weighted by Gasteiger charge is -2.34. The number of imide groups is 1. The van der Waals surface area contributed by atoms with Gasteiger partial charge in [-0.2, -0.15) is 0 Å². The van der Waals surface area contributed by atoms with Gasteiger partial charge in [0, 0.05) is 19.6 Å². The molecule has 2 aromatic rings. The first-order chi connectivity index (χ1) is 15.2. The molecule has 31 heavy (non-hydrogen) atoms. The van der Waals surface area contributed by atoms with Crippen LogP contribution in [0.4, 0.5) is 0 Å². The molecular weight excluding hydrogens is 384 g/mol. The van der Waals surface area contributed by atoms with Crippen LogP contribution >= 0.6 is 0 Å². The molecule has 0 radical (unpaired) electrons. The monoisotopic (exact) mass is 416 g/mol. The highest BCUT2D eigenvalue weighted by Gasteiger charge is 2.41. The molecule has 162 valence electrons. The van der Waals surface area contributed by atoms with E-state index in [1.807, 2.05) is 30.3 Å². The maximum Gasteiger partial charge on any atom is 0.277 e. The van der Waals surface area contributed by atoms with Crippen LogP contribution in [0.1, 0.15) is 50.2 Å². The first-order valence-electron chi connectivity index (χ1n) is 11.6. The van der Waals surface area contributed by atoms with Gasteiger partial charge in [0.05, 0.1) is 5.57 Å². The summed E-state index contributed by atoms with van der Waals surface area (Å²) in [7, 11) is 0. The van der Waals surface area contributed by atoms with Crippen molar-refractivity contribution in [1.82, 2.24) is 9.80 Å². The van der Waals surface area contributed by atoms with E-state index in [-0.39, 0.29) is 11.8 Å². The van der Waals surface area contributed by atoms with Gasteiger partial charge in [-0.05, 0) is 42.7 Å². The summed E-state index contributed by atoms with van der Waals surface area (Å²) in [6.45, 7) is 4.29. The van der Waals surface area contributed by atoms with Crippen LogP contribution in [0.5, 0.6) is 0 Å². The summed E-state index contributed by atoms with van der Waals surface area (Å²) in [4.78, 5) is 30.3. The number of amides is 2. The van der Waals surface area contributed by atoms with Gasteiger partial charge in [-0.3, -0.25) is 14.5 Å². The van der Waals surface area contributed by atoms with Crippen LogP contribution in [0, 0.1) is 5.92 Å². The van der Waals surface area contributed by atoms with Gasteiger partial charge in [0.15, 0.2) is 0 Å². The third-order valence-corrected chi connectivity index (χ3v) is 6.49. The first-order valence-corrected chi connectivity index (χ1v) is 11.6. The molecule has 2 amide bonds. The molecule has 4 heteroatoms. The largest absolute Gasteiger partial charge is 0.366 e. The van der Waals surface area contributed by atoms with Gasteiger partial charge >= 0.3 is 0 Å². The Morgan fingerprint density at radius 3 is 2.13 bits per heavy atom. The van der Waals surface area contributed by atoms with Gasteiger partial charge in [0.25, 0.3) is 11.8 Å². The molecule has 1 fully saturated rings. The Kier molecular flexibility index (Phi) is 6.86. The highest BCUT2D eigenvalue weighted by Crippen LogP contribution is 2.34. The molecule has 2 aliphatic rings.